The summed E-state index contributed by atoms with van der Waals surface area (Å²) in [6.07, 6.45) is 8.73. The molecule has 1 unspecified atom stereocenters. The molecular formula is C17H19N5O2. The summed E-state index contributed by atoms with van der Waals surface area (Å²) in [6, 6.07) is 7.31. The predicted molar refractivity (Wildman–Crippen MR) is 87.4 cm³/mol. The number of terminal acetylenes is 1. The zero-order valence-electron chi connectivity index (χ0n) is 13.3. The fourth-order valence-electron chi connectivity index (χ4n) is 2.91. The van der Waals surface area contributed by atoms with Crippen molar-refractivity contribution in [3.8, 4) is 18.0 Å². The molecule has 1 aromatic heterocycles. The molecule has 1 atom stereocenters. The maximum absolute atomic E-state index is 12.8. The number of hydrogen-bond acceptors (Lipinski definition) is 5. The number of piperidine rings is 1. The number of carbonyl (C=O) groups is 1. The fourth-order valence-corrected chi connectivity index (χ4v) is 2.91. The molecule has 1 amide bonds. The minimum absolute atomic E-state index is 0.0200. The van der Waals surface area contributed by atoms with Gasteiger partial charge in [-0.05, 0) is 41.5 Å². The van der Waals surface area contributed by atoms with Crippen molar-refractivity contribution >= 4 is 5.91 Å². The summed E-state index contributed by atoms with van der Waals surface area (Å²) in [7, 11) is 0. The molecule has 24 heavy (non-hydrogen) atoms. The Bertz CT molecular complexity index is 723. The molecule has 0 bridgehead atoms. The van der Waals surface area contributed by atoms with Gasteiger partial charge in [0.05, 0.1) is 12.3 Å². The number of likely N-dealkylation sites (tertiary alicyclic amines) is 1. The SMILES string of the molecule is C#CCOCC1CCCN(C(=O)c2cccc(-n3cnnn3)c2)C1. The molecule has 0 saturated carbocycles. The van der Waals surface area contributed by atoms with Gasteiger partial charge >= 0.3 is 0 Å². The largest absolute Gasteiger partial charge is 0.368 e. The number of amides is 1. The number of nitrogens with zero attached hydrogens (tertiary/aromatic N) is 5. The van der Waals surface area contributed by atoms with Crippen LogP contribution in [-0.4, -0.2) is 57.3 Å². The molecule has 0 spiro atoms. The summed E-state index contributed by atoms with van der Waals surface area (Å²) in [5, 5.41) is 11.1. The van der Waals surface area contributed by atoms with Crippen molar-refractivity contribution < 1.29 is 9.53 Å². The van der Waals surface area contributed by atoms with Gasteiger partial charge in [-0.3, -0.25) is 4.79 Å². The van der Waals surface area contributed by atoms with Gasteiger partial charge in [0.2, 0.25) is 0 Å². The van der Waals surface area contributed by atoms with Crippen LogP contribution in [0.3, 0.4) is 0 Å². The van der Waals surface area contributed by atoms with Crippen molar-refractivity contribution in [2.45, 2.75) is 12.8 Å². The molecule has 1 saturated heterocycles. The van der Waals surface area contributed by atoms with E-state index in [0.29, 0.717) is 31.2 Å². The van der Waals surface area contributed by atoms with Crippen molar-refractivity contribution in [3.63, 3.8) is 0 Å². The van der Waals surface area contributed by atoms with E-state index in [4.69, 9.17) is 11.2 Å². The molecule has 1 fully saturated rings. The molecule has 0 N–H and O–H groups in total. The molecule has 0 aliphatic carbocycles. The van der Waals surface area contributed by atoms with E-state index in [-0.39, 0.29) is 5.91 Å². The first-order chi connectivity index (χ1) is 11.8. The molecule has 3 rings (SSSR count). The summed E-state index contributed by atoms with van der Waals surface area (Å²) in [5.74, 6) is 2.82. The summed E-state index contributed by atoms with van der Waals surface area (Å²) in [5.41, 5.74) is 1.39. The monoisotopic (exact) mass is 325 g/mol. The average molecular weight is 325 g/mol. The van der Waals surface area contributed by atoms with Crippen LogP contribution >= 0.6 is 0 Å². The minimum atomic E-state index is 0.0200. The first-order valence-corrected chi connectivity index (χ1v) is 7.92. The van der Waals surface area contributed by atoms with Crippen molar-refractivity contribution in [3.05, 3.63) is 36.2 Å². The fraction of sp³-hybridized carbons (Fsp3) is 0.412. The van der Waals surface area contributed by atoms with Gasteiger partial charge in [-0.25, -0.2) is 4.68 Å². The van der Waals surface area contributed by atoms with Gasteiger partial charge in [0.15, 0.2) is 0 Å². The van der Waals surface area contributed by atoms with Gasteiger partial charge < -0.3 is 9.64 Å². The van der Waals surface area contributed by atoms with Crippen LogP contribution in [0.2, 0.25) is 0 Å². The normalized spacial score (nSPS) is 17.5. The van der Waals surface area contributed by atoms with Gasteiger partial charge in [0.1, 0.15) is 12.9 Å². The highest BCUT2D eigenvalue weighted by Crippen LogP contribution is 2.20. The summed E-state index contributed by atoms with van der Waals surface area (Å²) in [6.45, 7) is 2.37. The molecule has 7 heteroatoms. The zero-order chi connectivity index (χ0) is 16.8. The zero-order valence-corrected chi connectivity index (χ0v) is 13.3. The van der Waals surface area contributed by atoms with Gasteiger partial charge in [-0.1, -0.05) is 12.0 Å². The minimum Gasteiger partial charge on any atom is -0.368 e. The second kappa shape index (κ2) is 7.70. The Kier molecular flexibility index (Phi) is 5.18. The van der Waals surface area contributed by atoms with Crippen molar-refractivity contribution in [2.24, 2.45) is 5.92 Å². The number of aromatic nitrogens is 4. The highest BCUT2D eigenvalue weighted by atomic mass is 16.5. The van der Waals surface area contributed by atoms with Crippen molar-refractivity contribution in [2.75, 3.05) is 26.3 Å². The Morgan fingerprint density at radius 1 is 1.46 bits per heavy atom. The predicted octanol–water partition coefficient (Wildman–Crippen LogP) is 1.16. The van der Waals surface area contributed by atoms with Gasteiger partial charge in [-0.15, -0.1) is 11.5 Å². The van der Waals surface area contributed by atoms with E-state index in [1.54, 1.807) is 6.07 Å². The Morgan fingerprint density at radius 2 is 2.38 bits per heavy atom. The maximum atomic E-state index is 12.8. The quantitative estimate of drug-likeness (QED) is 0.609. The van der Waals surface area contributed by atoms with Gasteiger partial charge in [-0.2, -0.15) is 0 Å². The maximum Gasteiger partial charge on any atom is 0.253 e. The van der Waals surface area contributed by atoms with E-state index in [2.05, 4.69) is 21.4 Å². The molecular weight excluding hydrogens is 306 g/mol. The number of tetrazole rings is 1. The standard InChI is InChI=1S/C17H19N5O2/c1-2-9-24-12-14-5-4-8-21(11-14)17(23)15-6-3-7-16(10-15)22-13-18-19-20-22/h1,3,6-7,10,13-14H,4-5,8-9,11-12H2. The summed E-state index contributed by atoms with van der Waals surface area (Å²) in [4.78, 5) is 14.7. The van der Waals surface area contributed by atoms with E-state index in [1.807, 2.05) is 23.1 Å². The van der Waals surface area contributed by atoms with Crippen molar-refractivity contribution in [1.82, 2.24) is 25.1 Å². The Hall–Kier alpha value is -2.72. The smallest absolute Gasteiger partial charge is 0.253 e. The lowest BCUT2D eigenvalue weighted by atomic mass is 9.98. The van der Waals surface area contributed by atoms with Crippen LogP contribution in [0.4, 0.5) is 0 Å². The van der Waals surface area contributed by atoms with Crippen LogP contribution in [0.25, 0.3) is 5.69 Å². The number of ether oxygens (including phenoxy) is 1. The van der Waals surface area contributed by atoms with Crippen LogP contribution < -0.4 is 0 Å². The number of benzene rings is 1. The first kappa shape index (κ1) is 16.1. The second-order valence-electron chi connectivity index (χ2n) is 5.78. The number of hydrogen-bond donors (Lipinski definition) is 0. The molecule has 2 aromatic rings. The lowest BCUT2D eigenvalue weighted by molar-refractivity contribution is 0.0534. The number of rotatable bonds is 5. The molecule has 2 heterocycles. The first-order valence-electron chi connectivity index (χ1n) is 7.92. The van der Waals surface area contributed by atoms with Crippen LogP contribution in [-0.2, 0) is 4.74 Å². The second-order valence-corrected chi connectivity index (χ2v) is 5.78. The molecule has 1 aliphatic heterocycles. The topological polar surface area (TPSA) is 73.1 Å². The molecule has 1 aliphatic rings. The average Bonchev–Trinajstić information content (AvgIpc) is 3.16. The van der Waals surface area contributed by atoms with Gasteiger partial charge in [0.25, 0.3) is 5.91 Å². The Labute approximate surface area is 140 Å². The third-order valence-electron chi connectivity index (χ3n) is 4.05. The van der Waals surface area contributed by atoms with Gasteiger partial charge in [0, 0.05) is 24.6 Å². The molecule has 124 valence electrons. The van der Waals surface area contributed by atoms with E-state index in [9.17, 15) is 4.79 Å². The highest BCUT2D eigenvalue weighted by molar-refractivity contribution is 5.94. The van der Waals surface area contributed by atoms with E-state index < -0.39 is 0 Å². The summed E-state index contributed by atoms with van der Waals surface area (Å²) >= 11 is 0. The van der Waals surface area contributed by atoms with Crippen LogP contribution in [0.5, 0.6) is 0 Å². The lowest BCUT2D eigenvalue weighted by Crippen LogP contribution is -2.41. The van der Waals surface area contributed by atoms with E-state index in [0.717, 1.165) is 25.1 Å². The Morgan fingerprint density at radius 3 is 3.17 bits per heavy atom. The number of carbonyl (C=O) groups excluding carboxylic acids is 1. The van der Waals surface area contributed by atoms with E-state index >= 15 is 0 Å². The highest BCUT2D eigenvalue weighted by Gasteiger charge is 2.24. The van der Waals surface area contributed by atoms with Crippen LogP contribution in [0, 0.1) is 18.3 Å². The summed E-state index contributed by atoms with van der Waals surface area (Å²) < 4.78 is 6.96. The van der Waals surface area contributed by atoms with Crippen LogP contribution in [0.1, 0.15) is 23.2 Å². The third kappa shape index (κ3) is 3.78. The lowest BCUT2D eigenvalue weighted by Gasteiger charge is -2.32. The van der Waals surface area contributed by atoms with Crippen molar-refractivity contribution in [1.29, 1.82) is 0 Å². The van der Waals surface area contributed by atoms with E-state index in [1.165, 1.54) is 11.0 Å². The van der Waals surface area contributed by atoms with Crippen LogP contribution in [0.15, 0.2) is 30.6 Å². The molecule has 1 aromatic carbocycles. The molecule has 0 radical (unpaired) electrons. The Balaban J connectivity index is 1.67. The third-order valence-corrected chi connectivity index (χ3v) is 4.05. The molecule has 7 nitrogen and oxygen atoms in total.